The highest BCUT2D eigenvalue weighted by Crippen LogP contribution is 2.18. The number of Topliss-reactive ketones (excluding diaryl/α,β-unsaturated/α-hetero) is 1. The first-order valence-electron chi connectivity index (χ1n) is 2.62. The van der Waals surface area contributed by atoms with E-state index in [4.69, 9.17) is 5.11 Å². The summed E-state index contributed by atoms with van der Waals surface area (Å²) in [5.41, 5.74) is 0. The Morgan fingerprint density at radius 3 is 2.10 bits per heavy atom. The maximum absolute atomic E-state index is 11.3. The second-order valence-corrected chi connectivity index (χ2v) is 1.97. The zero-order chi connectivity index (χ0) is 8.36. The van der Waals surface area contributed by atoms with Crippen LogP contribution in [0.15, 0.2) is 0 Å². The van der Waals surface area contributed by atoms with Crippen LogP contribution in [0.2, 0.25) is 0 Å². The SMILES string of the molecule is CC(O)CC(=O)C(F)(F)F. The number of ketones is 1. The lowest BCUT2D eigenvalue weighted by Gasteiger charge is -2.05. The Morgan fingerprint density at radius 2 is 2.00 bits per heavy atom. The average Bonchev–Trinajstić information content (AvgIpc) is 1.60. The van der Waals surface area contributed by atoms with Gasteiger partial charge in [-0.05, 0) is 6.92 Å². The molecule has 0 radical (unpaired) electrons. The number of aliphatic hydroxyl groups is 1. The molecule has 1 atom stereocenters. The molecule has 10 heavy (non-hydrogen) atoms. The lowest BCUT2D eigenvalue weighted by Crippen LogP contribution is -2.25. The molecular weight excluding hydrogens is 149 g/mol. The average molecular weight is 156 g/mol. The number of alkyl halides is 3. The molecule has 0 saturated heterocycles. The third kappa shape index (κ3) is 3.45. The second-order valence-electron chi connectivity index (χ2n) is 1.97. The molecule has 0 spiro atoms. The van der Waals surface area contributed by atoms with Gasteiger partial charge in [0.1, 0.15) is 0 Å². The second kappa shape index (κ2) is 3.01. The topological polar surface area (TPSA) is 37.3 Å². The maximum Gasteiger partial charge on any atom is 0.450 e. The van der Waals surface area contributed by atoms with E-state index in [2.05, 4.69) is 0 Å². The van der Waals surface area contributed by atoms with E-state index in [1.165, 1.54) is 0 Å². The molecule has 0 fully saturated rings. The molecule has 0 aromatic heterocycles. The summed E-state index contributed by atoms with van der Waals surface area (Å²) in [7, 11) is 0. The third-order valence-corrected chi connectivity index (χ3v) is 0.797. The number of halogens is 3. The molecule has 0 aromatic carbocycles. The van der Waals surface area contributed by atoms with Crippen molar-refractivity contribution in [3.05, 3.63) is 0 Å². The van der Waals surface area contributed by atoms with E-state index in [1.807, 2.05) is 0 Å². The number of aliphatic hydroxyl groups excluding tert-OH is 1. The molecule has 1 unspecified atom stereocenters. The van der Waals surface area contributed by atoms with Gasteiger partial charge < -0.3 is 5.11 Å². The molecule has 0 aromatic rings. The third-order valence-electron chi connectivity index (χ3n) is 0.797. The van der Waals surface area contributed by atoms with Crippen LogP contribution < -0.4 is 0 Å². The van der Waals surface area contributed by atoms with Crippen LogP contribution in [0.3, 0.4) is 0 Å². The summed E-state index contributed by atoms with van der Waals surface area (Å²) >= 11 is 0. The lowest BCUT2D eigenvalue weighted by atomic mass is 10.2. The predicted octanol–water partition coefficient (Wildman–Crippen LogP) is 0.889. The molecule has 0 aliphatic carbocycles. The minimum Gasteiger partial charge on any atom is -0.393 e. The summed E-state index contributed by atoms with van der Waals surface area (Å²) < 4.78 is 34.0. The molecule has 0 rings (SSSR count). The largest absolute Gasteiger partial charge is 0.450 e. The van der Waals surface area contributed by atoms with Gasteiger partial charge in [0.25, 0.3) is 0 Å². The maximum atomic E-state index is 11.3. The summed E-state index contributed by atoms with van der Waals surface area (Å²) in [5, 5.41) is 8.37. The van der Waals surface area contributed by atoms with Crippen LogP contribution in [0.5, 0.6) is 0 Å². The van der Waals surface area contributed by atoms with Crippen molar-refractivity contribution in [2.45, 2.75) is 25.6 Å². The summed E-state index contributed by atoms with van der Waals surface area (Å²) in [6.07, 6.45) is -6.89. The molecule has 2 nitrogen and oxygen atoms in total. The van der Waals surface area contributed by atoms with Crippen LogP contribution in [-0.2, 0) is 4.79 Å². The van der Waals surface area contributed by atoms with Gasteiger partial charge in [0.15, 0.2) is 0 Å². The highest BCUT2D eigenvalue weighted by atomic mass is 19.4. The molecule has 0 heterocycles. The van der Waals surface area contributed by atoms with Crippen LogP contribution in [-0.4, -0.2) is 23.2 Å². The Hall–Kier alpha value is -0.580. The van der Waals surface area contributed by atoms with Gasteiger partial charge in [-0.2, -0.15) is 13.2 Å². The minimum absolute atomic E-state index is 0.858. The van der Waals surface area contributed by atoms with E-state index in [1.54, 1.807) is 0 Å². The number of carbonyl (C=O) groups is 1. The first-order valence-corrected chi connectivity index (χ1v) is 2.62. The van der Waals surface area contributed by atoms with Crippen LogP contribution in [0.4, 0.5) is 13.2 Å². The van der Waals surface area contributed by atoms with Crippen LogP contribution in [0, 0.1) is 0 Å². The van der Waals surface area contributed by atoms with Gasteiger partial charge in [-0.15, -0.1) is 0 Å². The zero-order valence-corrected chi connectivity index (χ0v) is 5.27. The van der Waals surface area contributed by atoms with Crippen LogP contribution >= 0.6 is 0 Å². The Bertz CT molecular complexity index is 127. The Morgan fingerprint density at radius 1 is 1.60 bits per heavy atom. The number of hydrogen-bond donors (Lipinski definition) is 1. The van der Waals surface area contributed by atoms with Crippen molar-refractivity contribution in [1.29, 1.82) is 0 Å². The van der Waals surface area contributed by atoms with E-state index in [-0.39, 0.29) is 0 Å². The van der Waals surface area contributed by atoms with E-state index < -0.39 is 24.5 Å². The summed E-state index contributed by atoms with van der Waals surface area (Å²) in [6.45, 7) is 1.13. The molecule has 5 heteroatoms. The lowest BCUT2D eigenvalue weighted by molar-refractivity contribution is -0.172. The molecule has 60 valence electrons. The first-order chi connectivity index (χ1) is 4.34. The van der Waals surface area contributed by atoms with Crippen molar-refractivity contribution in [2.24, 2.45) is 0 Å². The monoisotopic (exact) mass is 156 g/mol. The van der Waals surface area contributed by atoms with Gasteiger partial charge in [0.05, 0.1) is 6.10 Å². The van der Waals surface area contributed by atoms with Gasteiger partial charge >= 0.3 is 6.18 Å². The van der Waals surface area contributed by atoms with Crippen molar-refractivity contribution in [3.63, 3.8) is 0 Å². The van der Waals surface area contributed by atoms with Gasteiger partial charge in [-0.3, -0.25) is 4.79 Å². The molecule has 0 saturated carbocycles. The predicted molar refractivity (Wildman–Crippen MR) is 27.4 cm³/mol. The fourth-order valence-electron chi connectivity index (χ4n) is 0.384. The fourth-order valence-corrected chi connectivity index (χ4v) is 0.384. The Kier molecular flexibility index (Phi) is 2.83. The van der Waals surface area contributed by atoms with E-state index >= 15 is 0 Å². The van der Waals surface area contributed by atoms with Gasteiger partial charge in [-0.25, -0.2) is 0 Å². The summed E-state index contributed by atoms with van der Waals surface area (Å²) in [6, 6.07) is 0. The Labute approximate surface area is 55.7 Å². The quantitative estimate of drug-likeness (QED) is 0.644. The molecule has 0 bridgehead atoms. The zero-order valence-electron chi connectivity index (χ0n) is 5.27. The van der Waals surface area contributed by atoms with Crippen molar-refractivity contribution in [2.75, 3.05) is 0 Å². The van der Waals surface area contributed by atoms with Crippen molar-refractivity contribution in [1.82, 2.24) is 0 Å². The fraction of sp³-hybridized carbons (Fsp3) is 0.800. The summed E-state index contributed by atoms with van der Waals surface area (Å²) in [4.78, 5) is 9.99. The van der Waals surface area contributed by atoms with E-state index in [0.29, 0.717) is 0 Å². The van der Waals surface area contributed by atoms with Crippen LogP contribution in [0.25, 0.3) is 0 Å². The van der Waals surface area contributed by atoms with E-state index in [0.717, 1.165) is 6.92 Å². The number of carbonyl (C=O) groups excluding carboxylic acids is 1. The van der Waals surface area contributed by atoms with E-state index in [9.17, 15) is 18.0 Å². The van der Waals surface area contributed by atoms with Crippen molar-refractivity contribution in [3.8, 4) is 0 Å². The highest BCUT2D eigenvalue weighted by Gasteiger charge is 2.38. The molecule has 0 aliphatic heterocycles. The van der Waals surface area contributed by atoms with Gasteiger partial charge in [0.2, 0.25) is 5.78 Å². The van der Waals surface area contributed by atoms with Crippen molar-refractivity contribution < 1.29 is 23.1 Å². The number of rotatable bonds is 2. The van der Waals surface area contributed by atoms with Crippen LogP contribution in [0.1, 0.15) is 13.3 Å². The molecule has 1 N–H and O–H groups in total. The smallest absolute Gasteiger partial charge is 0.393 e. The molecule has 0 aliphatic rings. The van der Waals surface area contributed by atoms with Crippen molar-refractivity contribution >= 4 is 5.78 Å². The Balaban J connectivity index is 3.87. The minimum atomic E-state index is -4.81. The highest BCUT2D eigenvalue weighted by molar-refractivity contribution is 5.84. The normalized spacial score (nSPS) is 14.9. The number of hydrogen-bond acceptors (Lipinski definition) is 2. The molecule has 0 amide bonds. The first kappa shape index (κ1) is 9.42. The standard InChI is InChI=1S/C5H7F3O2/c1-3(9)2-4(10)5(6,7)8/h3,9H,2H2,1H3. The summed E-state index contributed by atoms with van der Waals surface area (Å²) in [5.74, 6) is -1.89. The molecular formula is C5H7F3O2. The van der Waals surface area contributed by atoms with Gasteiger partial charge in [0, 0.05) is 6.42 Å². The van der Waals surface area contributed by atoms with Gasteiger partial charge in [-0.1, -0.05) is 0 Å².